The van der Waals surface area contributed by atoms with Crippen LogP contribution in [0.1, 0.15) is 54.9 Å². The van der Waals surface area contributed by atoms with Gasteiger partial charge in [-0.3, -0.25) is 9.59 Å². The molecule has 1 aliphatic rings. The van der Waals surface area contributed by atoms with Crippen molar-refractivity contribution in [1.82, 2.24) is 0 Å². The van der Waals surface area contributed by atoms with Gasteiger partial charge in [0.25, 0.3) is 11.8 Å². The second kappa shape index (κ2) is 20.1. The number of fused-ring (bicyclic) bond motifs is 2. The van der Waals surface area contributed by atoms with Crippen molar-refractivity contribution in [2.75, 3.05) is 24.9 Å². The first-order chi connectivity index (χ1) is 26.7. The van der Waals surface area contributed by atoms with Crippen LogP contribution in [-0.4, -0.2) is 72.7 Å². The van der Waals surface area contributed by atoms with E-state index in [2.05, 4.69) is 10.6 Å². The summed E-state index contributed by atoms with van der Waals surface area (Å²) in [5, 5.41) is 30.1. The number of amides is 3. The van der Waals surface area contributed by atoms with E-state index in [9.17, 15) is 29.4 Å². The third kappa shape index (κ3) is 11.5. The summed E-state index contributed by atoms with van der Waals surface area (Å²) in [6, 6.07) is 13.2. The van der Waals surface area contributed by atoms with Gasteiger partial charge in [-0.1, -0.05) is 61.1 Å². The van der Waals surface area contributed by atoms with Gasteiger partial charge in [0.05, 0.1) is 17.5 Å². The fraction of sp³-hybridized carbons (Fsp3) is 0.286. The molecule has 2 aromatic carbocycles. The van der Waals surface area contributed by atoms with Gasteiger partial charge in [0.2, 0.25) is 0 Å². The minimum absolute atomic E-state index is 0.00183. The molecule has 0 saturated carbocycles. The van der Waals surface area contributed by atoms with Gasteiger partial charge in [0, 0.05) is 53.9 Å². The fourth-order valence-corrected chi connectivity index (χ4v) is 6.68. The van der Waals surface area contributed by atoms with Crippen molar-refractivity contribution in [3.05, 3.63) is 117 Å². The number of allylic oxidation sites excluding steroid dienone is 2. The number of hydrogen-bond donors (Lipinski definition) is 5. The van der Waals surface area contributed by atoms with E-state index >= 15 is 0 Å². The van der Waals surface area contributed by atoms with Gasteiger partial charge in [-0.05, 0) is 68.5 Å². The molecule has 296 valence electrons. The maximum Gasteiger partial charge on any atom is 0.405 e. The molecule has 3 amide bonds. The lowest BCUT2D eigenvalue weighted by atomic mass is 9.91. The van der Waals surface area contributed by atoms with Gasteiger partial charge in [-0.2, -0.15) is 0 Å². The molecule has 1 aliphatic heterocycles. The SMILES string of the molecule is CO[C@H]1C=CC=C(C)C(=O)Nc2cc(O)c(NC(=O)c3ccccc3)c(c2O)C=C(C)C[C@H](OC)[C@H](OC(=O)C=Cc2cccs2)[C@@H](C)C=C(C)[C@@H]1OC(N)=O. The number of methoxy groups -OCH3 is 2. The predicted octanol–water partition coefficient (Wildman–Crippen LogP) is 7.36. The molecular formula is C42H47N3O10S. The zero-order valence-electron chi connectivity index (χ0n) is 32.0. The number of nitrogens with one attached hydrogen (secondary N) is 2. The third-order valence-electron chi connectivity index (χ3n) is 8.91. The summed E-state index contributed by atoms with van der Waals surface area (Å²) in [5.41, 5.74) is 6.83. The lowest BCUT2D eigenvalue weighted by Crippen LogP contribution is -2.39. The molecule has 0 saturated heterocycles. The van der Waals surface area contributed by atoms with E-state index in [1.54, 1.807) is 62.4 Å². The molecule has 6 N–H and O–H groups in total. The topological polar surface area (TPSA) is 196 Å². The van der Waals surface area contributed by atoms with Crippen LogP contribution in [0.4, 0.5) is 16.2 Å². The maximum absolute atomic E-state index is 13.3. The second-order valence-electron chi connectivity index (χ2n) is 13.1. The summed E-state index contributed by atoms with van der Waals surface area (Å²) in [4.78, 5) is 52.8. The minimum atomic E-state index is -1.04. The standard InChI is InChI=1S/C42H47N3O10S/c1-24-20-30-36(45-41(50)28-13-8-7-9-14-28)32(46)23-31(37(30)48)44-40(49)25(2)12-10-16-33(52-5)38(55-42(43)51)26(3)22-27(4)39(34(21-24)53-6)54-35(47)18-17-29-15-11-19-56-29/h7-20,22-23,27,33-34,38-39,46,48H,21H2,1-6H3,(H2,43,51)(H,44,49)(H,45,50)/t27-,33-,34-,38-,39+/m0/s1. The summed E-state index contributed by atoms with van der Waals surface area (Å²) in [5.74, 6) is -3.23. The summed E-state index contributed by atoms with van der Waals surface area (Å²) in [6.45, 7) is 6.80. The molecule has 4 rings (SSSR count). The zero-order chi connectivity index (χ0) is 40.9. The van der Waals surface area contributed by atoms with Crippen molar-refractivity contribution in [2.45, 2.75) is 58.5 Å². The first-order valence-corrected chi connectivity index (χ1v) is 18.5. The highest BCUT2D eigenvalue weighted by molar-refractivity contribution is 7.10. The van der Waals surface area contributed by atoms with Crippen LogP contribution in [-0.2, 0) is 28.5 Å². The van der Waals surface area contributed by atoms with Crippen molar-refractivity contribution >= 4 is 58.7 Å². The molecule has 3 aromatic rings. The molecule has 0 fully saturated rings. The van der Waals surface area contributed by atoms with Gasteiger partial charge in [-0.15, -0.1) is 11.3 Å². The zero-order valence-corrected chi connectivity index (χ0v) is 32.8. The highest BCUT2D eigenvalue weighted by atomic mass is 32.1. The van der Waals surface area contributed by atoms with E-state index in [0.29, 0.717) is 16.7 Å². The molecule has 0 unspecified atom stereocenters. The largest absolute Gasteiger partial charge is 0.506 e. The first kappa shape index (κ1) is 42.8. The summed E-state index contributed by atoms with van der Waals surface area (Å²) in [7, 11) is 2.88. The molecule has 14 heteroatoms. The number of primary amides is 1. The number of carbonyl (C=O) groups excluding carboxylic acids is 4. The number of rotatable bonds is 8. The summed E-state index contributed by atoms with van der Waals surface area (Å²) >= 11 is 1.45. The Hall–Kier alpha value is -5.96. The van der Waals surface area contributed by atoms with Crippen molar-refractivity contribution in [2.24, 2.45) is 11.7 Å². The molecule has 56 heavy (non-hydrogen) atoms. The second-order valence-corrected chi connectivity index (χ2v) is 14.1. The molecule has 0 spiro atoms. The van der Waals surface area contributed by atoms with Crippen LogP contribution in [0.2, 0.25) is 0 Å². The molecule has 0 radical (unpaired) electrons. The number of phenols is 2. The first-order valence-electron chi connectivity index (χ1n) is 17.6. The Balaban J connectivity index is 1.88. The lowest BCUT2D eigenvalue weighted by molar-refractivity contribution is -0.153. The Morgan fingerprint density at radius 3 is 2.39 bits per heavy atom. The van der Waals surface area contributed by atoms with Gasteiger partial charge in [-0.25, -0.2) is 9.59 Å². The monoisotopic (exact) mass is 785 g/mol. The number of nitrogens with two attached hydrogens (primary N) is 1. The average Bonchev–Trinajstić information content (AvgIpc) is 3.70. The molecule has 5 atom stereocenters. The van der Waals surface area contributed by atoms with E-state index in [-0.39, 0.29) is 28.9 Å². The van der Waals surface area contributed by atoms with Gasteiger partial charge in [0.15, 0.2) is 6.10 Å². The normalized spacial score (nSPS) is 21.0. The highest BCUT2D eigenvalue weighted by Gasteiger charge is 2.32. The Bertz CT molecular complexity index is 2040. The van der Waals surface area contributed by atoms with E-state index in [4.69, 9.17) is 24.7 Å². The number of hydrogen-bond acceptors (Lipinski definition) is 11. The van der Waals surface area contributed by atoms with Crippen LogP contribution < -0.4 is 16.4 Å². The summed E-state index contributed by atoms with van der Waals surface area (Å²) in [6.07, 6.45) is 6.35. The van der Waals surface area contributed by atoms with E-state index < -0.39 is 65.7 Å². The van der Waals surface area contributed by atoms with Crippen molar-refractivity contribution in [1.29, 1.82) is 0 Å². The van der Waals surface area contributed by atoms with E-state index in [0.717, 1.165) is 10.9 Å². The van der Waals surface area contributed by atoms with Crippen molar-refractivity contribution in [3.63, 3.8) is 0 Å². The number of esters is 1. The van der Waals surface area contributed by atoms with E-state index in [1.165, 1.54) is 56.8 Å². The van der Waals surface area contributed by atoms with Crippen molar-refractivity contribution < 1.29 is 48.3 Å². The number of aromatic hydroxyl groups is 2. The number of benzene rings is 2. The predicted molar refractivity (Wildman–Crippen MR) is 216 cm³/mol. The maximum atomic E-state index is 13.3. The molecule has 2 heterocycles. The Morgan fingerprint density at radius 2 is 1.75 bits per heavy atom. The number of carbonyl (C=O) groups is 4. The Morgan fingerprint density at radius 1 is 1.02 bits per heavy atom. The van der Waals surface area contributed by atoms with Crippen molar-refractivity contribution in [3.8, 4) is 11.5 Å². The number of ether oxygens (including phenoxy) is 4. The molecule has 2 bridgehead atoms. The summed E-state index contributed by atoms with van der Waals surface area (Å²) < 4.78 is 23.2. The highest BCUT2D eigenvalue weighted by Crippen LogP contribution is 2.43. The van der Waals surface area contributed by atoms with Crippen LogP contribution >= 0.6 is 11.3 Å². The molecule has 13 nitrogen and oxygen atoms in total. The lowest BCUT2D eigenvalue weighted by Gasteiger charge is -2.31. The van der Waals surface area contributed by atoms with Crippen LogP contribution in [0, 0.1) is 5.92 Å². The van der Waals surface area contributed by atoms with Gasteiger partial charge in [0.1, 0.15) is 23.7 Å². The average molecular weight is 786 g/mol. The van der Waals surface area contributed by atoms with Gasteiger partial charge >= 0.3 is 12.1 Å². The van der Waals surface area contributed by atoms with Crippen LogP contribution in [0.15, 0.2) is 101 Å². The fourth-order valence-electron chi connectivity index (χ4n) is 6.07. The Kier molecular flexibility index (Phi) is 15.4. The third-order valence-corrected chi connectivity index (χ3v) is 9.75. The quantitative estimate of drug-likeness (QED) is 0.0506. The molecule has 0 aliphatic carbocycles. The molecule has 1 aromatic heterocycles. The van der Waals surface area contributed by atoms with Crippen LogP contribution in [0.3, 0.4) is 0 Å². The Labute approximate surface area is 329 Å². The number of phenolic OH excluding ortho intramolecular Hbond substituents is 2. The smallest absolute Gasteiger partial charge is 0.405 e. The number of anilines is 2. The minimum Gasteiger partial charge on any atom is -0.506 e. The number of thiophene rings is 1. The van der Waals surface area contributed by atoms with Crippen LogP contribution in [0.5, 0.6) is 11.5 Å². The van der Waals surface area contributed by atoms with E-state index in [1.807, 2.05) is 24.4 Å². The van der Waals surface area contributed by atoms with Crippen LogP contribution in [0.25, 0.3) is 12.2 Å². The molecular weight excluding hydrogens is 739 g/mol. The van der Waals surface area contributed by atoms with Gasteiger partial charge < -0.3 is 45.5 Å².